The zero-order valence-corrected chi connectivity index (χ0v) is 11.8. The molecule has 1 aromatic rings. The van der Waals surface area contributed by atoms with Crippen LogP contribution in [0.1, 0.15) is 45.1 Å². The number of rotatable bonds is 6. The molecule has 19 heavy (non-hydrogen) atoms. The summed E-state index contributed by atoms with van der Waals surface area (Å²) >= 11 is 0. The van der Waals surface area contributed by atoms with E-state index in [1.165, 1.54) is 0 Å². The van der Waals surface area contributed by atoms with Gasteiger partial charge in [0, 0.05) is 31.3 Å². The second kappa shape index (κ2) is 6.70. The van der Waals surface area contributed by atoms with Gasteiger partial charge in [0.2, 0.25) is 5.91 Å². The van der Waals surface area contributed by atoms with Crippen molar-refractivity contribution in [2.75, 3.05) is 0 Å². The molecule has 1 N–H and O–H groups in total. The lowest BCUT2D eigenvalue weighted by Crippen LogP contribution is -2.23. The Balaban J connectivity index is 1.64. The number of carbonyl (C=O) groups excluding carboxylic acids is 1. The lowest BCUT2D eigenvalue weighted by molar-refractivity contribution is -0.122. The number of ether oxygens (including phenoxy) is 1. The summed E-state index contributed by atoms with van der Waals surface area (Å²) in [5.74, 6) is 0.0902. The van der Waals surface area contributed by atoms with Crippen LogP contribution in [-0.2, 0) is 22.6 Å². The van der Waals surface area contributed by atoms with Crippen LogP contribution in [0.5, 0.6) is 0 Å². The van der Waals surface area contributed by atoms with Gasteiger partial charge in [0.05, 0.1) is 18.4 Å². The molecule has 5 nitrogen and oxygen atoms in total. The van der Waals surface area contributed by atoms with E-state index in [9.17, 15) is 4.79 Å². The summed E-state index contributed by atoms with van der Waals surface area (Å²) < 4.78 is 7.56. The first-order valence-corrected chi connectivity index (χ1v) is 7.11. The molecule has 1 aliphatic heterocycles. The van der Waals surface area contributed by atoms with E-state index in [1.807, 2.05) is 17.8 Å². The van der Waals surface area contributed by atoms with Gasteiger partial charge in [-0.2, -0.15) is 5.10 Å². The van der Waals surface area contributed by atoms with E-state index in [1.54, 1.807) is 6.20 Å². The van der Waals surface area contributed by atoms with Crippen molar-refractivity contribution in [2.24, 2.45) is 0 Å². The highest BCUT2D eigenvalue weighted by atomic mass is 16.5. The first kappa shape index (κ1) is 14.1. The third-order valence-corrected chi connectivity index (χ3v) is 3.51. The van der Waals surface area contributed by atoms with Crippen molar-refractivity contribution >= 4 is 5.91 Å². The predicted octanol–water partition coefficient (Wildman–Crippen LogP) is 1.87. The molecular formula is C14H23N3O2. The molecule has 1 fully saturated rings. The van der Waals surface area contributed by atoms with Crippen molar-refractivity contribution in [2.45, 2.75) is 64.8 Å². The molecule has 0 aromatic carbocycles. The Kier molecular flexibility index (Phi) is 4.96. The van der Waals surface area contributed by atoms with Crippen LogP contribution in [-0.4, -0.2) is 27.9 Å². The fourth-order valence-electron chi connectivity index (χ4n) is 2.35. The van der Waals surface area contributed by atoms with Crippen LogP contribution in [0.15, 0.2) is 12.4 Å². The Morgan fingerprint density at radius 2 is 2.42 bits per heavy atom. The zero-order valence-electron chi connectivity index (χ0n) is 11.8. The Bertz CT molecular complexity index is 417. The van der Waals surface area contributed by atoms with E-state index in [2.05, 4.69) is 17.3 Å². The molecule has 0 spiro atoms. The Morgan fingerprint density at radius 1 is 1.58 bits per heavy atom. The molecule has 1 amide bonds. The molecule has 0 saturated carbocycles. The molecule has 106 valence electrons. The van der Waals surface area contributed by atoms with E-state index in [-0.39, 0.29) is 12.0 Å². The van der Waals surface area contributed by atoms with E-state index < -0.39 is 0 Å². The predicted molar refractivity (Wildman–Crippen MR) is 72.6 cm³/mol. The first-order chi connectivity index (χ1) is 9.17. The fraction of sp³-hybridized carbons (Fsp3) is 0.714. The van der Waals surface area contributed by atoms with Gasteiger partial charge in [-0.25, -0.2) is 0 Å². The minimum Gasteiger partial charge on any atom is -0.375 e. The fourth-order valence-corrected chi connectivity index (χ4v) is 2.35. The highest BCUT2D eigenvalue weighted by Crippen LogP contribution is 2.22. The molecular weight excluding hydrogens is 242 g/mol. The third kappa shape index (κ3) is 4.35. The smallest absolute Gasteiger partial charge is 0.220 e. The number of aryl methyl sites for hydroxylation is 1. The quantitative estimate of drug-likeness (QED) is 0.854. The summed E-state index contributed by atoms with van der Waals surface area (Å²) in [7, 11) is 0. The van der Waals surface area contributed by atoms with Crippen LogP contribution in [0.4, 0.5) is 0 Å². The molecule has 2 heterocycles. The van der Waals surface area contributed by atoms with Crippen molar-refractivity contribution in [1.29, 1.82) is 0 Å². The van der Waals surface area contributed by atoms with Gasteiger partial charge in [-0.15, -0.1) is 0 Å². The summed E-state index contributed by atoms with van der Waals surface area (Å²) in [6.45, 7) is 5.54. The Labute approximate surface area is 114 Å². The van der Waals surface area contributed by atoms with Crippen LogP contribution in [0.25, 0.3) is 0 Å². The highest BCUT2D eigenvalue weighted by molar-refractivity contribution is 5.75. The molecule has 1 aromatic heterocycles. The molecule has 1 aliphatic rings. The number of aromatic nitrogens is 2. The molecule has 2 atom stereocenters. The molecule has 0 aliphatic carbocycles. The van der Waals surface area contributed by atoms with Gasteiger partial charge in [0.1, 0.15) is 0 Å². The second-order valence-electron chi connectivity index (χ2n) is 5.17. The van der Waals surface area contributed by atoms with Gasteiger partial charge < -0.3 is 10.1 Å². The van der Waals surface area contributed by atoms with Crippen LogP contribution < -0.4 is 5.32 Å². The van der Waals surface area contributed by atoms with Crippen LogP contribution >= 0.6 is 0 Å². The third-order valence-electron chi connectivity index (χ3n) is 3.51. The maximum Gasteiger partial charge on any atom is 0.220 e. The maximum absolute atomic E-state index is 11.7. The number of hydrogen-bond donors (Lipinski definition) is 1. The highest BCUT2D eigenvalue weighted by Gasteiger charge is 2.22. The van der Waals surface area contributed by atoms with E-state index in [4.69, 9.17) is 4.74 Å². The lowest BCUT2D eigenvalue weighted by atomic mass is 10.1. The van der Waals surface area contributed by atoms with Gasteiger partial charge >= 0.3 is 0 Å². The maximum atomic E-state index is 11.7. The lowest BCUT2D eigenvalue weighted by Gasteiger charge is -2.10. The second-order valence-corrected chi connectivity index (χ2v) is 5.17. The van der Waals surface area contributed by atoms with E-state index in [0.29, 0.717) is 19.1 Å². The standard InChI is InChI=1S/C14H23N3O2/c1-3-17-10-12(9-16-17)8-15-14(18)7-6-13-5-4-11(2)19-13/h9-11,13H,3-8H2,1-2H3,(H,15,18). The summed E-state index contributed by atoms with van der Waals surface area (Å²) in [4.78, 5) is 11.7. The van der Waals surface area contributed by atoms with Crippen molar-refractivity contribution in [3.63, 3.8) is 0 Å². The number of nitrogens with zero attached hydrogens (tertiary/aromatic N) is 2. The van der Waals surface area contributed by atoms with Gasteiger partial charge in [-0.1, -0.05) is 0 Å². The average Bonchev–Trinajstić information content (AvgIpc) is 3.02. The van der Waals surface area contributed by atoms with Gasteiger partial charge in [-0.3, -0.25) is 9.48 Å². The summed E-state index contributed by atoms with van der Waals surface area (Å²) in [5.41, 5.74) is 1.04. The summed E-state index contributed by atoms with van der Waals surface area (Å²) in [6, 6.07) is 0. The summed E-state index contributed by atoms with van der Waals surface area (Å²) in [5, 5.41) is 7.10. The van der Waals surface area contributed by atoms with E-state index >= 15 is 0 Å². The largest absolute Gasteiger partial charge is 0.375 e. The molecule has 2 rings (SSSR count). The Morgan fingerprint density at radius 3 is 3.05 bits per heavy atom. The van der Waals surface area contributed by atoms with Crippen molar-refractivity contribution in [3.05, 3.63) is 18.0 Å². The van der Waals surface area contributed by atoms with Crippen LogP contribution in [0.2, 0.25) is 0 Å². The van der Waals surface area contributed by atoms with Crippen molar-refractivity contribution < 1.29 is 9.53 Å². The minimum absolute atomic E-state index is 0.0902. The molecule has 1 saturated heterocycles. The molecule has 0 bridgehead atoms. The van der Waals surface area contributed by atoms with Gasteiger partial charge in [-0.05, 0) is 33.1 Å². The number of hydrogen-bond acceptors (Lipinski definition) is 3. The minimum atomic E-state index is 0.0902. The van der Waals surface area contributed by atoms with Crippen LogP contribution in [0, 0.1) is 0 Å². The monoisotopic (exact) mass is 265 g/mol. The summed E-state index contributed by atoms with van der Waals surface area (Å²) in [6.07, 6.45) is 7.94. The molecule has 5 heteroatoms. The normalized spacial score (nSPS) is 22.6. The number of nitrogens with one attached hydrogen (secondary N) is 1. The topological polar surface area (TPSA) is 56.2 Å². The van der Waals surface area contributed by atoms with Gasteiger partial charge in [0.15, 0.2) is 0 Å². The number of amides is 1. The van der Waals surface area contributed by atoms with Gasteiger partial charge in [0.25, 0.3) is 0 Å². The van der Waals surface area contributed by atoms with E-state index in [0.717, 1.165) is 31.4 Å². The zero-order chi connectivity index (χ0) is 13.7. The first-order valence-electron chi connectivity index (χ1n) is 7.11. The van der Waals surface area contributed by atoms with Crippen molar-refractivity contribution in [1.82, 2.24) is 15.1 Å². The molecule has 2 unspecified atom stereocenters. The Hall–Kier alpha value is -1.36. The molecule has 0 radical (unpaired) electrons. The average molecular weight is 265 g/mol. The van der Waals surface area contributed by atoms with Crippen molar-refractivity contribution in [3.8, 4) is 0 Å². The number of carbonyl (C=O) groups is 1. The SMILES string of the molecule is CCn1cc(CNC(=O)CCC2CCC(C)O2)cn1. The van der Waals surface area contributed by atoms with Crippen LogP contribution in [0.3, 0.4) is 0 Å².